The summed E-state index contributed by atoms with van der Waals surface area (Å²) >= 11 is 0. The minimum Gasteiger partial charge on any atom is -0.347 e. The summed E-state index contributed by atoms with van der Waals surface area (Å²) in [6, 6.07) is 6.80. The average Bonchev–Trinajstić information content (AvgIpc) is 3.10. The van der Waals surface area contributed by atoms with Crippen molar-refractivity contribution in [2.45, 2.75) is 31.3 Å². The van der Waals surface area contributed by atoms with Crippen LogP contribution in [0.15, 0.2) is 30.5 Å². The van der Waals surface area contributed by atoms with Gasteiger partial charge in [0.05, 0.1) is 11.9 Å². The van der Waals surface area contributed by atoms with E-state index in [-0.39, 0.29) is 23.5 Å². The predicted molar refractivity (Wildman–Crippen MR) is 81.8 cm³/mol. The van der Waals surface area contributed by atoms with E-state index in [0.717, 1.165) is 25.6 Å². The zero-order valence-electron chi connectivity index (χ0n) is 12.7. The lowest BCUT2D eigenvalue weighted by molar-refractivity contribution is 0.0932. The molecule has 2 heterocycles. The Kier molecular flexibility index (Phi) is 3.57. The van der Waals surface area contributed by atoms with Crippen molar-refractivity contribution in [3.05, 3.63) is 42.0 Å². The van der Waals surface area contributed by atoms with E-state index >= 15 is 0 Å². The van der Waals surface area contributed by atoms with Crippen LogP contribution in [0.2, 0.25) is 0 Å². The summed E-state index contributed by atoms with van der Waals surface area (Å²) in [7, 11) is 0. The Hall–Kier alpha value is -2.28. The molecule has 2 aromatic rings. The van der Waals surface area contributed by atoms with Crippen molar-refractivity contribution in [3.8, 4) is 5.69 Å². The zero-order valence-corrected chi connectivity index (χ0v) is 12.7. The van der Waals surface area contributed by atoms with Gasteiger partial charge in [-0.05, 0) is 43.5 Å². The van der Waals surface area contributed by atoms with Crippen molar-refractivity contribution in [3.63, 3.8) is 0 Å². The molecule has 1 aromatic carbocycles. The minimum absolute atomic E-state index is 0.180. The summed E-state index contributed by atoms with van der Waals surface area (Å²) in [6.07, 6.45) is 5.11. The molecular weight excluding hydrogens is 297 g/mol. The van der Waals surface area contributed by atoms with Crippen LogP contribution in [0.5, 0.6) is 0 Å². The molecule has 1 aromatic heterocycles. The van der Waals surface area contributed by atoms with Crippen LogP contribution in [0, 0.1) is 5.82 Å². The molecule has 0 radical (unpaired) electrons. The lowest BCUT2D eigenvalue weighted by atomic mass is 10.2. The first-order valence-corrected chi connectivity index (χ1v) is 7.92. The SMILES string of the molecule is O=C(N[C@@H]1CCN(C2CC2)C1)c1cn(-c2ccc(F)cc2)nn1. The largest absolute Gasteiger partial charge is 0.347 e. The lowest BCUT2D eigenvalue weighted by Gasteiger charge is -2.15. The third-order valence-corrected chi connectivity index (χ3v) is 4.44. The molecule has 0 bridgehead atoms. The maximum Gasteiger partial charge on any atom is 0.273 e. The molecule has 7 heteroatoms. The molecule has 120 valence electrons. The summed E-state index contributed by atoms with van der Waals surface area (Å²) in [6.45, 7) is 1.97. The van der Waals surface area contributed by atoms with Gasteiger partial charge in [0.2, 0.25) is 0 Å². The van der Waals surface area contributed by atoms with E-state index in [0.29, 0.717) is 5.69 Å². The molecule has 23 heavy (non-hydrogen) atoms. The molecule has 1 N–H and O–H groups in total. The van der Waals surface area contributed by atoms with Gasteiger partial charge in [-0.25, -0.2) is 9.07 Å². The monoisotopic (exact) mass is 315 g/mol. The Morgan fingerprint density at radius 3 is 2.74 bits per heavy atom. The highest BCUT2D eigenvalue weighted by atomic mass is 19.1. The maximum absolute atomic E-state index is 12.9. The summed E-state index contributed by atoms with van der Waals surface area (Å²) < 4.78 is 14.4. The molecule has 4 rings (SSSR count). The molecule has 1 amide bonds. The highest BCUT2D eigenvalue weighted by Gasteiger charge is 2.35. The van der Waals surface area contributed by atoms with Gasteiger partial charge in [0.1, 0.15) is 5.82 Å². The van der Waals surface area contributed by atoms with Crippen LogP contribution in [0.4, 0.5) is 4.39 Å². The number of carbonyl (C=O) groups is 1. The molecule has 1 saturated carbocycles. The second-order valence-electron chi connectivity index (χ2n) is 6.21. The molecule has 1 atom stereocenters. The van der Waals surface area contributed by atoms with Gasteiger partial charge in [-0.15, -0.1) is 5.10 Å². The van der Waals surface area contributed by atoms with Gasteiger partial charge >= 0.3 is 0 Å². The fourth-order valence-corrected chi connectivity index (χ4v) is 3.02. The van der Waals surface area contributed by atoms with Crippen LogP contribution in [0.1, 0.15) is 29.8 Å². The fourth-order valence-electron chi connectivity index (χ4n) is 3.02. The smallest absolute Gasteiger partial charge is 0.273 e. The quantitative estimate of drug-likeness (QED) is 0.926. The van der Waals surface area contributed by atoms with Gasteiger partial charge in [-0.2, -0.15) is 0 Å². The number of nitrogens with zero attached hydrogens (tertiary/aromatic N) is 4. The van der Waals surface area contributed by atoms with Gasteiger partial charge in [-0.3, -0.25) is 9.69 Å². The second kappa shape index (κ2) is 5.73. The Balaban J connectivity index is 1.40. The van der Waals surface area contributed by atoms with Crippen LogP contribution in [-0.4, -0.2) is 51.0 Å². The standard InChI is InChI=1S/C16H18FN5O/c17-11-1-3-14(4-2-11)22-10-15(19-20-22)16(23)18-12-7-8-21(9-12)13-5-6-13/h1-4,10,12-13H,5-9H2,(H,18,23)/t12-/m1/s1. The van der Waals surface area contributed by atoms with Gasteiger partial charge in [0.25, 0.3) is 5.91 Å². The third kappa shape index (κ3) is 3.10. The topological polar surface area (TPSA) is 63.1 Å². The first-order valence-electron chi connectivity index (χ1n) is 7.92. The van der Waals surface area contributed by atoms with Crippen molar-refractivity contribution < 1.29 is 9.18 Å². The number of carbonyl (C=O) groups excluding carboxylic acids is 1. The average molecular weight is 315 g/mol. The van der Waals surface area contributed by atoms with E-state index in [1.807, 2.05) is 0 Å². The van der Waals surface area contributed by atoms with Crippen LogP contribution >= 0.6 is 0 Å². The van der Waals surface area contributed by atoms with Crippen molar-refractivity contribution >= 4 is 5.91 Å². The Morgan fingerprint density at radius 2 is 2.00 bits per heavy atom. The van der Waals surface area contributed by atoms with Crippen LogP contribution in [0.3, 0.4) is 0 Å². The van der Waals surface area contributed by atoms with E-state index in [1.165, 1.54) is 29.7 Å². The van der Waals surface area contributed by atoms with Gasteiger partial charge in [-0.1, -0.05) is 5.21 Å². The Morgan fingerprint density at radius 1 is 1.22 bits per heavy atom. The van der Waals surface area contributed by atoms with Crippen molar-refractivity contribution in [1.29, 1.82) is 0 Å². The highest BCUT2D eigenvalue weighted by molar-refractivity contribution is 5.92. The number of halogens is 1. The number of likely N-dealkylation sites (tertiary alicyclic amines) is 1. The summed E-state index contributed by atoms with van der Waals surface area (Å²) in [5.74, 6) is -0.519. The van der Waals surface area contributed by atoms with Gasteiger partial charge in [0.15, 0.2) is 5.69 Å². The first-order chi connectivity index (χ1) is 11.2. The normalized spacial score (nSPS) is 21.5. The second-order valence-corrected chi connectivity index (χ2v) is 6.21. The summed E-state index contributed by atoms with van der Waals surface area (Å²) in [5.41, 5.74) is 0.943. The first kappa shape index (κ1) is 14.3. The lowest BCUT2D eigenvalue weighted by Crippen LogP contribution is -2.37. The number of amides is 1. The van der Waals surface area contributed by atoms with E-state index in [1.54, 1.807) is 18.3 Å². The number of nitrogens with one attached hydrogen (secondary N) is 1. The molecule has 0 spiro atoms. The maximum atomic E-state index is 12.9. The number of hydrogen-bond acceptors (Lipinski definition) is 4. The molecule has 1 saturated heterocycles. The Bertz CT molecular complexity index is 710. The molecule has 0 unspecified atom stereocenters. The molecule has 2 aliphatic rings. The molecule has 6 nitrogen and oxygen atoms in total. The molecule has 1 aliphatic carbocycles. The van der Waals surface area contributed by atoms with E-state index < -0.39 is 0 Å². The van der Waals surface area contributed by atoms with Crippen molar-refractivity contribution in [2.75, 3.05) is 13.1 Å². The van der Waals surface area contributed by atoms with Crippen LogP contribution in [-0.2, 0) is 0 Å². The Labute approximate surface area is 133 Å². The molecule has 2 fully saturated rings. The third-order valence-electron chi connectivity index (χ3n) is 4.44. The number of benzene rings is 1. The fraction of sp³-hybridized carbons (Fsp3) is 0.438. The van der Waals surface area contributed by atoms with Crippen LogP contribution < -0.4 is 5.32 Å². The van der Waals surface area contributed by atoms with Gasteiger partial charge in [0, 0.05) is 25.2 Å². The van der Waals surface area contributed by atoms with E-state index in [9.17, 15) is 9.18 Å². The predicted octanol–water partition coefficient (Wildman–Crippen LogP) is 1.37. The summed E-state index contributed by atoms with van der Waals surface area (Å²) in [4.78, 5) is 14.7. The zero-order chi connectivity index (χ0) is 15.8. The van der Waals surface area contributed by atoms with Crippen molar-refractivity contribution in [2.24, 2.45) is 0 Å². The summed E-state index contributed by atoms with van der Waals surface area (Å²) in [5, 5.41) is 10.9. The van der Waals surface area contributed by atoms with Gasteiger partial charge < -0.3 is 5.32 Å². The highest BCUT2D eigenvalue weighted by Crippen LogP contribution is 2.29. The van der Waals surface area contributed by atoms with E-state index in [2.05, 4.69) is 20.5 Å². The molecular formula is C16H18FN5O. The van der Waals surface area contributed by atoms with E-state index in [4.69, 9.17) is 0 Å². The number of hydrogen-bond donors (Lipinski definition) is 1. The number of aromatic nitrogens is 3. The van der Waals surface area contributed by atoms with Crippen LogP contribution in [0.25, 0.3) is 5.69 Å². The van der Waals surface area contributed by atoms with Crippen molar-refractivity contribution in [1.82, 2.24) is 25.2 Å². The molecule has 1 aliphatic heterocycles. The number of rotatable bonds is 4. The minimum atomic E-state index is -0.312.